The van der Waals surface area contributed by atoms with Crippen LogP contribution in [0.25, 0.3) is 0 Å². The fraction of sp³-hybridized carbons (Fsp3) is 0.409. The number of hydrogen-bond donors (Lipinski definition) is 1. The lowest BCUT2D eigenvalue weighted by atomic mass is 9.95. The fourth-order valence-electron chi connectivity index (χ4n) is 3.68. The van der Waals surface area contributed by atoms with Gasteiger partial charge in [-0.1, -0.05) is 55.8 Å². The maximum atomic E-state index is 11.2. The van der Waals surface area contributed by atoms with Crippen molar-refractivity contribution in [1.29, 1.82) is 0 Å². The molecule has 1 heterocycles. The highest BCUT2D eigenvalue weighted by Crippen LogP contribution is 2.29. The molecule has 1 aliphatic heterocycles. The molecule has 0 bridgehead atoms. The SMILES string of the molecule is CCCCN1CCN(C(c2ccccc2)c2ccc(C(=O)O)cc2)CC1. The van der Waals surface area contributed by atoms with Gasteiger partial charge >= 0.3 is 5.97 Å². The minimum atomic E-state index is -0.877. The largest absolute Gasteiger partial charge is 0.478 e. The zero-order valence-electron chi connectivity index (χ0n) is 15.5. The van der Waals surface area contributed by atoms with Gasteiger partial charge in [0, 0.05) is 26.2 Å². The van der Waals surface area contributed by atoms with E-state index >= 15 is 0 Å². The number of benzene rings is 2. The van der Waals surface area contributed by atoms with E-state index in [-0.39, 0.29) is 6.04 Å². The monoisotopic (exact) mass is 352 g/mol. The molecule has 4 heteroatoms. The number of aromatic carboxylic acids is 1. The summed E-state index contributed by atoms with van der Waals surface area (Å²) in [4.78, 5) is 16.2. The molecule has 1 saturated heterocycles. The van der Waals surface area contributed by atoms with Gasteiger partial charge in [0.15, 0.2) is 0 Å². The summed E-state index contributed by atoms with van der Waals surface area (Å²) < 4.78 is 0. The summed E-state index contributed by atoms with van der Waals surface area (Å²) in [6.45, 7) is 7.68. The minimum Gasteiger partial charge on any atom is -0.478 e. The second-order valence-corrected chi connectivity index (χ2v) is 6.97. The number of unbranched alkanes of at least 4 members (excludes halogenated alkanes) is 1. The van der Waals surface area contributed by atoms with Gasteiger partial charge in [-0.25, -0.2) is 4.79 Å². The summed E-state index contributed by atoms with van der Waals surface area (Å²) in [7, 11) is 0. The molecule has 0 aliphatic carbocycles. The summed E-state index contributed by atoms with van der Waals surface area (Å²) in [5.41, 5.74) is 2.76. The molecule has 4 nitrogen and oxygen atoms in total. The molecule has 138 valence electrons. The van der Waals surface area contributed by atoms with E-state index in [4.69, 9.17) is 5.11 Å². The van der Waals surface area contributed by atoms with Gasteiger partial charge in [0.25, 0.3) is 0 Å². The number of carboxylic acids is 1. The normalized spacial score (nSPS) is 17.1. The van der Waals surface area contributed by atoms with E-state index in [9.17, 15) is 4.79 Å². The summed E-state index contributed by atoms with van der Waals surface area (Å²) in [5, 5.41) is 9.16. The van der Waals surface area contributed by atoms with Crippen LogP contribution in [0.1, 0.15) is 47.3 Å². The molecular formula is C22H28N2O2. The van der Waals surface area contributed by atoms with Crippen molar-refractivity contribution in [3.8, 4) is 0 Å². The van der Waals surface area contributed by atoms with Crippen LogP contribution in [-0.4, -0.2) is 53.6 Å². The minimum absolute atomic E-state index is 0.173. The first-order chi connectivity index (χ1) is 12.7. The molecule has 3 rings (SSSR count). The first-order valence-electron chi connectivity index (χ1n) is 9.53. The number of rotatable bonds is 7. The molecule has 2 aromatic rings. The highest BCUT2D eigenvalue weighted by molar-refractivity contribution is 5.87. The second-order valence-electron chi connectivity index (χ2n) is 6.97. The third-order valence-corrected chi connectivity index (χ3v) is 5.19. The quantitative estimate of drug-likeness (QED) is 0.821. The Bertz CT molecular complexity index is 692. The predicted molar refractivity (Wildman–Crippen MR) is 105 cm³/mol. The zero-order chi connectivity index (χ0) is 18.4. The summed E-state index contributed by atoms with van der Waals surface area (Å²) in [5.74, 6) is -0.877. The van der Waals surface area contributed by atoms with Gasteiger partial charge in [-0.2, -0.15) is 0 Å². The van der Waals surface area contributed by atoms with Gasteiger partial charge in [0.1, 0.15) is 0 Å². The first kappa shape index (κ1) is 18.6. The molecule has 26 heavy (non-hydrogen) atoms. The Kier molecular flexibility index (Phi) is 6.42. The van der Waals surface area contributed by atoms with Crippen LogP contribution in [-0.2, 0) is 0 Å². The van der Waals surface area contributed by atoms with E-state index in [0.29, 0.717) is 5.56 Å². The van der Waals surface area contributed by atoms with Crippen LogP contribution in [0.3, 0.4) is 0 Å². The van der Waals surface area contributed by atoms with E-state index in [0.717, 1.165) is 31.7 Å². The van der Waals surface area contributed by atoms with Crippen LogP contribution in [0, 0.1) is 0 Å². The molecule has 0 saturated carbocycles. The molecule has 1 aliphatic rings. The third-order valence-electron chi connectivity index (χ3n) is 5.19. The Labute approximate surface area is 156 Å². The molecule has 1 fully saturated rings. The highest BCUT2D eigenvalue weighted by atomic mass is 16.4. The van der Waals surface area contributed by atoms with Gasteiger partial charge < -0.3 is 10.0 Å². The lowest BCUT2D eigenvalue weighted by Crippen LogP contribution is -2.48. The zero-order valence-corrected chi connectivity index (χ0v) is 15.5. The van der Waals surface area contributed by atoms with Crippen LogP contribution < -0.4 is 0 Å². The van der Waals surface area contributed by atoms with Crippen molar-refractivity contribution in [1.82, 2.24) is 9.80 Å². The van der Waals surface area contributed by atoms with Gasteiger partial charge in [0.2, 0.25) is 0 Å². The summed E-state index contributed by atoms with van der Waals surface area (Å²) in [6.07, 6.45) is 2.50. The van der Waals surface area contributed by atoms with Gasteiger partial charge in [-0.3, -0.25) is 4.90 Å². The van der Waals surface area contributed by atoms with Gasteiger partial charge in [-0.15, -0.1) is 0 Å². The van der Waals surface area contributed by atoms with Crippen LogP contribution in [0.15, 0.2) is 54.6 Å². The van der Waals surface area contributed by atoms with Gasteiger partial charge in [-0.05, 0) is 36.2 Å². The molecule has 1 atom stereocenters. The summed E-state index contributed by atoms with van der Waals surface area (Å²) >= 11 is 0. The standard InChI is InChI=1S/C22H28N2O2/c1-2-3-13-23-14-16-24(17-15-23)21(18-7-5-4-6-8-18)19-9-11-20(12-10-19)22(25)26/h4-12,21H,2-3,13-17H2,1H3,(H,25,26). The molecule has 0 amide bonds. The fourth-order valence-corrected chi connectivity index (χ4v) is 3.68. The second kappa shape index (κ2) is 8.97. The van der Waals surface area contributed by atoms with E-state index in [1.165, 1.54) is 24.9 Å². The molecule has 2 aromatic carbocycles. The number of nitrogens with zero attached hydrogens (tertiary/aromatic N) is 2. The van der Waals surface area contributed by atoms with Crippen LogP contribution >= 0.6 is 0 Å². The van der Waals surface area contributed by atoms with Crippen molar-refractivity contribution >= 4 is 5.97 Å². The average Bonchev–Trinajstić information content (AvgIpc) is 2.69. The predicted octanol–water partition coefficient (Wildman–Crippen LogP) is 3.89. The van der Waals surface area contributed by atoms with Crippen molar-refractivity contribution in [2.24, 2.45) is 0 Å². The topological polar surface area (TPSA) is 43.8 Å². The molecular weight excluding hydrogens is 324 g/mol. The maximum Gasteiger partial charge on any atom is 0.335 e. The lowest BCUT2D eigenvalue weighted by molar-refractivity contribution is 0.0696. The Morgan fingerprint density at radius 3 is 2.15 bits per heavy atom. The average molecular weight is 352 g/mol. The number of hydrogen-bond acceptors (Lipinski definition) is 3. The van der Waals surface area contributed by atoms with Gasteiger partial charge in [0.05, 0.1) is 11.6 Å². The van der Waals surface area contributed by atoms with Crippen molar-refractivity contribution in [2.45, 2.75) is 25.8 Å². The van der Waals surface area contributed by atoms with E-state index in [2.05, 4.69) is 41.0 Å². The highest BCUT2D eigenvalue weighted by Gasteiger charge is 2.26. The maximum absolute atomic E-state index is 11.2. The van der Waals surface area contributed by atoms with E-state index < -0.39 is 5.97 Å². The van der Waals surface area contributed by atoms with E-state index in [1.807, 2.05) is 18.2 Å². The summed E-state index contributed by atoms with van der Waals surface area (Å²) in [6, 6.07) is 18.0. The first-order valence-corrected chi connectivity index (χ1v) is 9.53. The Balaban J connectivity index is 1.80. The van der Waals surface area contributed by atoms with Crippen molar-refractivity contribution in [3.63, 3.8) is 0 Å². The smallest absolute Gasteiger partial charge is 0.335 e. The number of piperazine rings is 1. The molecule has 0 radical (unpaired) electrons. The van der Waals surface area contributed by atoms with Crippen molar-refractivity contribution < 1.29 is 9.90 Å². The Morgan fingerprint density at radius 1 is 0.962 bits per heavy atom. The molecule has 1 N–H and O–H groups in total. The van der Waals surface area contributed by atoms with Crippen LogP contribution in [0.2, 0.25) is 0 Å². The third kappa shape index (κ3) is 4.51. The molecule has 0 spiro atoms. The number of carboxylic acid groups (broad SMARTS) is 1. The van der Waals surface area contributed by atoms with E-state index in [1.54, 1.807) is 12.1 Å². The van der Waals surface area contributed by atoms with Crippen LogP contribution in [0.4, 0.5) is 0 Å². The molecule has 1 unspecified atom stereocenters. The Hall–Kier alpha value is -2.17. The molecule has 0 aromatic heterocycles. The van der Waals surface area contributed by atoms with Crippen molar-refractivity contribution in [3.05, 3.63) is 71.3 Å². The van der Waals surface area contributed by atoms with Crippen LogP contribution in [0.5, 0.6) is 0 Å². The van der Waals surface area contributed by atoms with Crippen molar-refractivity contribution in [2.75, 3.05) is 32.7 Å². The lowest BCUT2D eigenvalue weighted by Gasteiger charge is -2.39. The Morgan fingerprint density at radius 2 is 1.58 bits per heavy atom. The number of carbonyl (C=O) groups is 1.